The molecule has 2 aliphatic carbocycles. The molecule has 11 aromatic rings. The molecule has 2 nitrogen and oxygen atoms in total. The van der Waals surface area contributed by atoms with Crippen molar-refractivity contribution in [2.75, 3.05) is 0 Å². The van der Waals surface area contributed by atoms with E-state index in [2.05, 4.69) is 194 Å². The molecule has 0 amide bonds. The van der Waals surface area contributed by atoms with E-state index in [1.165, 1.54) is 72.0 Å². The topological polar surface area (TPSA) is 22.4 Å². The highest BCUT2D eigenvalue weighted by atomic mass is 16.5. The summed E-state index contributed by atoms with van der Waals surface area (Å²) in [6.45, 7) is 0. The van der Waals surface area contributed by atoms with Gasteiger partial charge in [-0.2, -0.15) is 0 Å². The van der Waals surface area contributed by atoms with Gasteiger partial charge < -0.3 is 9.15 Å². The van der Waals surface area contributed by atoms with Gasteiger partial charge >= 0.3 is 0 Å². The number of rotatable bonds is 2. The third kappa shape index (κ3) is 4.00. The zero-order valence-electron chi connectivity index (χ0n) is 31.8. The number of hydrogen-bond donors (Lipinski definition) is 0. The summed E-state index contributed by atoms with van der Waals surface area (Å²) in [4.78, 5) is 0. The van der Waals surface area contributed by atoms with Gasteiger partial charge in [0.25, 0.3) is 0 Å². The smallest absolute Gasteiger partial charge is 0.136 e. The van der Waals surface area contributed by atoms with E-state index in [-0.39, 0.29) is 5.41 Å². The number of furan rings is 1. The minimum Gasteiger partial charge on any atom is -0.456 e. The van der Waals surface area contributed by atoms with E-state index in [1.54, 1.807) is 0 Å². The molecule has 1 spiro atoms. The van der Waals surface area contributed by atoms with E-state index in [4.69, 9.17) is 9.15 Å². The minimum absolute atomic E-state index is 0.385. The predicted octanol–water partition coefficient (Wildman–Crippen LogP) is 15.3. The normalized spacial score (nSPS) is 13.7. The van der Waals surface area contributed by atoms with Crippen LogP contribution in [0.15, 0.2) is 199 Å². The molecule has 2 heteroatoms. The van der Waals surface area contributed by atoms with E-state index >= 15 is 0 Å². The highest BCUT2D eigenvalue weighted by molar-refractivity contribution is 6.19. The summed E-state index contributed by atoms with van der Waals surface area (Å²) in [5.74, 6) is 1.76. The SMILES string of the molecule is c1ccc2c(c1)-c1ccccc1C21c2ccccc2-c2ccc(-c3ccc4c(c3)-c3cccc5c(-c6cccc7oc8cc9ccccc9cc8c67)ccc(c35)O4)cc21. The lowest BCUT2D eigenvalue weighted by atomic mass is 9.70. The molecular weight excluding hydrogens is 717 g/mol. The molecular formula is C57H32O2. The second-order valence-corrected chi connectivity index (χ2v) is 16.3. The number of ether oxygens (including phenoxy) is 1. The first-order chi connectivity index (χ1) is 29.2. The fourth-order valence-corrected chi connectivity index (χ4v) is 11.1. The van der Waals surface area contributed by atoms with Crippen LogP contribution >= 0.6 is 0 Å². The quantitative estimate of drug-likeness (QED) is 0.176. The Hall–Kier alpha value is -7.68. The summed E-state index contributed by atoms with van der Waals surface area (Å²) in [6.07, 6.45) is 0. The van der Waals surface area contributed by atoms with E-state index in [0.717, 1.165) is 60.9 Å². The van der Waals surface area contributed by atoms with Crippen molar-refractivity contribution in [2.45, 2.75) is 5.41 Å². The van der Waals surface area contributed by atoms with Crippen LogP contribution in [0.2, 0.25) is 0 Å². The molecule has 2 heterocycles. The van der Waals surface area contributed by atoms with Crippen molar-refractivity contribution in [2.24, 2.45) is 0 Å². The Kier molecular flexibility index (Phi) is 5.99. The summed E-state index contributed by atoms with van der Waals surface area (Å²) in [7, 11) is 0. The van der Waals surface area contributed by atoms with Crippen LogP contribution in [0, 0.1) is 0 Å². The maximum Gasteiger partial charge on any atom is 0.136 e. The van der Waals surface area contributed by atoms with Crippen molar-refractivity contribution < 1.29 is 9.15 Å². The van der Waals surface area contributed by atoms with Gasteiger partial charge in [-0.3, -0.25) is 0 Å². The van der Waals surface area contributed by atoms with Gasteiger partial charge in [0.05, 0.1) is 5.41 Å². The zero-order valence-corrected chi connectivity index (χ0v) is 31.8. The van der Waals surface area contributed by atoms with Gasteiger partial charge in [0.1, 0.15) is 22.7 Å². The van der Waals surface area contributed by atoms with Gasteiger partial charge in [-0.1, -0.05) is 152 Å². The van der Waals surface area contributed by atoms with Crippen LogP contribution in [0.25, 0.3) is 99.1 Å². The van der Waals surface area contributed by atoms with Gasteiger partial charge in [-0.25, -0.2) is 0 Å². The van der Waals surface area contributed by atoms with Crippen molar-refractivity contribution in [1.29, 1.82) is 0 Å². The maximum absolute atomic E-state index is 6.77. The predicted molar refractivity (Wildman–Crippen MR) is 241 cm³/mol. The van der Waals surface area contributed by atoms with E-state index < -0.39 is 0 Å². The molecule has 272 valence electrons. The van der Waals surface area contributed by atoms with E-state index in [0.29, 0.717) is 0 Å². The van der Waals surface area contributed by atoms with Gasteiger partial charge in [0.2, 0.25) is 0 Å². The first-order valence-electron chi connectivity index (χ1n) is 20.4. The molecule has 0 unspecified atom stereocenters. The average Bonchev–Trinajstić information content (AvgIpc) is 3.92. The van der Waals surface area contributed by atoms with Crippen LogP contribution in [0.3, 0.4) is 0 Å². The van der Waals surface area contributed by atoms with Gasteiger partial charge in [0, 0.05) is 21.7 Å². The van der Waals surface area contributed by atoms with Crippen molar-refractivity contribution in [3.8, 4) is 67.1 Å². The van der Waals surface area contributed by atoms with Crippen molar-refractivity contribution in [3.63, 3.8) is 0 Å². The maximum atomic E-state index is 6.77. The van der Waals surface area contributed by atoms with Crippen LogP contribution < -0.4 is 4.74 Å². The summed E-state index contributed by atoms with van der Waals surface area (Å²) < 4.78 is 13.3. The monoisotopic (exact) mass is 748 g/mol. The molecule has 1 aromatic heterocycles. The van der Waals surface area contributed by atoms with Crippen LogP contribution in [-0.4, -0.2) is 0 Å². The van der Waals surface area contributed by atoms with Gasteiger partial charge in [0.15, 0.2) is 0 Å². The molecule has 0 saturated carbocycles. The second-order valence-electron chi connectivity index (χ2n) is 16.3. The summed E-state index contributed by atoms with van der Waals surface area (Å²) in [5.41, 5.74) is 19.0. The molecule has 0 N–H and O–H groups in total. The fourth-order valence-electron chi connectivity index (χ4n) is 11.1. The third-order valence-electron chi connectivity index (χ3n) is 13.5. The molecule has 0 fully saturated rings. The highest BCUT2D eigenvalue weighted by Gasteiger charge is 2.51. The first-order valence-corrected chi connectivity index (χ1v) is 20.4. The first kappa shape index (κ1) is 31.4. The molecule has 14 rings (SSSR count). The Balaban J connectivity index is 0.948. The summed E-state index contributed by atoms with van der Waals surface area (Å²) >= 11 is 0. The molecule has 0 atom stereocenters. The third-order valence-corrected chi connectivity index (χ3v) is 13.5. The lowest BCUT2D eigenvalue weighted by Gasteiger charge is -2.30. The average molecular weight is 749 g/mol. The second kappa shape index (κ2) is 11.2. The van der Waals surface area contributed by atoms with Crippen LogP contribution in [0.1, 0.15) is 22.3 Å². The summed E-state index contributed by atoms with van der Waals surface area (Å²) in [6, 6.07) is 71.2. The Morgan fingerprint density at radius 3 is 1.61 bits per heavy atom. The van der Waals surface area contributed by atoms with Gasteiger partial charge in [-0.05, 0) is 131 Å². The van der Waals surface area contributed by atoms with Crippen LogP contribution in [0.5, 0.6) is 11.5 Å². The number of hydrogen-bond acceptors (Lipinski definition) is 2. The number of fused-ring (bicyclic) bond motifs is 16. The largest absolute Gasteiger partial charge is 0.456 e. The van der Waals surface area contributed by atoms with Gasteiger partial charge in [-0.15, -0.1) is 0 Å². The van der Waals surface area contributed by atoms with Crippen molar-refractivity contribution in [3.05, 3.63) is 216 Å². The molecule has 3 aliphatic rings. The highest BCUT2D eigenvalue weighted by Crippen LogP contribution is 2.63. The zero-order chi connectivity index (χ0) is 38.4. The van der Waals surface area contributed by atoms with Crippen LogP contribution in [-0.2, 0) is 5.41 Å². The van der Waals surface area contributed by atoms with Crippen molar-refractivity contribution >= 4 is 43.5 Å². The molecule has 10 aromatic carbocycles. The molecule has 1 aliphatic heterocycles. The van der Waals surface area contributed by atoms with Crippen molar-refractivity contribution in [1.82, 2.24) is 0 Å². The van der Waals surface area contributed by atoms with E-state index in [1.807, 2.05) is 0 Å². The lowest BCUT2D eigenvalue weighted by Crippen LogP contribution is -2.25. The Morgan fingerprint density at radius 1 is 0.305 bits per heavy atom. The minimum atomic E-state index is -0.385. The molecule has 0 saturated heterocycles. The van der Waals surface area contributed by atoms with Crippen LogP contribution in [0.4, 0.5) is 0 Å². The Morgan fingerprint density at radius 2 is 0.864 bits per heavy atom. The fraction of sp³-hybridized carbons (Fsp3) is 0.0175. The molecule has 0 radical (unpaired) electrons. The summed E-state index contributed by atoms with van der Waals surface area (Å²) in [5, 5.41) is 6.94. The standard InChI is InChI=1S/C57H32O2/c1-2-12-34-32-54-46(30-33(34)11-1)56-43(18-10-22-52(56)59-54)37-26-28-53-55-42(37)16-9-17-44(55)45-29-35(24-27-51(45)58-53)36-23-25-41-40-15-5-8-21-49(40)57(50(41)31-36)47-19-6-3-13-38(47)39-14-4-7-20-48(39)57/h1-32H. The molecule has 0 bridgehead atoms. The Bertz CT molecular complexity index is 3590. The molecule has 59 heavy (non-hydrogen) atoms. The Labute approximate surface area is 340 Å². The lowest BCUT2D eigenvalue weighted by molar-refractivity contribution is 0.487. The van der Waals surface area contributed by atoms with E-state index in [9.17, 15) is 0 Å². The number of benzene rings is 10.